The van der Waals surface area contributed by atoms with Gasteiger partial charge in [-0.2, -0.15) is 4.89 Å². The minimum Gasteiger partial charge on any atom is -0.269 e. The van der Waals surface area contributed by atoms with E-state index in [-0.39, 0.29) is 11.9 Å². The zero-order valence-electron chi connectivity index (χ0n) is 13.9. The quantitative estimate of drug-likeness (QED) is 0.289. The summed E-state index contributed by atoms with van der Waals surface area (Å²) >= 11 is 0. The molecule has 0 aliphatic carbocycles. The van der Waals surface area contributed by atoms with Crippen LogP contribution in [0.15, 0.2) is 0 Å². The molecule has 0 N–H and O–H groups in total. The first-order valence-corrected chi connectivity index (χ1v) is 8.03. The molecule has 0 fully saturated rings. The van der Waals surface area contributed by atoms with E-state index in [0.29, 0.717) is 0 Å². The van der Waals surface area contributed by atoms with Crippen LogP contribution in [-0.2, 0) is 19.6 Å². The molecule has 4 heteroatoms. The Hall–Kier alpha value is -0.610. The summed E-state index contributed by atoms with van der Waals surface area (Å²) in [5.74, 6) is -0.424. The van der Waals surface area contributed by atoms with Gasteiger partial charge in [-0.05, 0) is 38.1 Å². The van der Waals surface area contributed by atoms with Crippen molar-refractivity contribution in [1.82, 2.24) is 0 Å². The minimum atomic E-state index is -0.430. The van der Waals surface area contributed by atoms with E-state index in [0.717, 1.165) is 38.5 Å². The zero-order valence-corrected chi connectivity index (χ0v) is 13.9. The fourth-order valence-electron chi connectivity index (χ4n) is 1.99. The Balaban J connectivity index is 3.92. The Morgan fingerprint density at radius 1 is 1.05 bits per heavy atom. The van der Waals surface area contributed by atoms with Gasteiger partial charge in [0.1, 0.15) is 5.60 Å². The lowest BCUT2D eigenvalue weighted by Gasteiger charge is -2.22. The number of carbonyl (C=O) groups is 1. The molecule has 0 radical (unpaired) electrons. The zero-order chi connectivity index (χ0) is 15.4. The normalized spacial score (nSPS) is 13.2. The fraction of sp³-hybridized carbons (Fsp3) is 0.938. The van der Waals surface area contributed by atoms with E-state index in [9.17, 15) is 4.79 Å². The van der Waals surface area contributed by atoms with Crippen LogP contribution in [-0.4, -0.2) is 11.6 Å². The highest BCUT2D eigenvalue weighted by Gasteiger charge is 2.23. The van der Waals surface area contributed by atoms with Gasteiger partial charge in [-0.25, -0.2) is 4.79 Å². The Morgan fingerprint density at radius 3 is 2.25 bits per heavy atom. The molecule has 0 saturated heterocycles. The van der Waals surface area contributed by atoms with Crippen LogP contribution < -0.4 is 0 Å². The van der Waals surface area contributed by atoms with Crippen LogP contribution in [0.2, 0.25) is 0 Å². The van der Waals surface area contributed by atoms with Crippen molar-refractivity contribution in [2.24, 2.45) is 5.92 Å². The Kier molecular flexibility index (Phi) is 10.8. The summed E-state index contributed by atoms with van der Waals surface area (Å²) in [5, 5.41) is 4.70. The first-order chi connectivity index (χ1) is 9.46. The van der Waals surface area contributed by atoms with Crippen LogP contribution in [0.5, 0.6) is 0 Å². The third-order valence-electron chi connectivity index (χ3n) is 3.49. The van der Waals surface area contributed by atoms with Crippen LogP contribution >= 0.6 is 0 Å². The Bertz CT molecular complexity index is 251. The van der Waals surface area contributed by atoms with E-state index < -0.39 is 5.60 Å². The van der Waals surface area contributed by atoms with Gasteiger partial charge in [0, 0.05) is 0 Å². The van der Waals surface area contributed by atoms with Crippen LogP contribution in [0.25, 0.3) is 0 Å². The molecular weight excluding hydrogens is 256 g/mol. The second-order valence-electron chi connectivity index (χ2n) is 6.02. The van der Waals surface area contributed by atoms with Gasteiger partial charge in [0.05, 0.1) is 5.92 Å². The molecule has 1 unspecified atom stereocenters. The van der Waals surface area contributed by atoms with Gasteiger partial charge in [-0.3, -0.25) is 4.89 Å². The molecule has 1 atom stereocenters. The maximum Gasteiger partial charge on any atom is 0.348 e. The molecule has 0 aliphatic heterocycles. The highest BCUT2D eigenvalue weighted by atomic mass is 17.5. The van der Waals surface area contributed by atoms with Crippen molar-refractivity contribution in [1.29, 1.82) is 0 Å². The minimum absolute atomic E-state index is 0.0956. The van der Waals surface area contributed by atoms with Crippen LogP contribution in [0, 0.1) is 5.92 Å². The summed E-state index contributed by atoms with van der Waals surface area (Å²) in [5.41, 5.74) is -0.430. The topological polar surface area (TPSA) is 44.8 Å². The van der Waals surface area contributed by atoms with E-state index in [1.807, 2.05) is 20.8 Å². The molecule has 0 amide bonds. The summed E-state index contributed by atoms with van der Waals surface area (Å²) < 4.78 is 0. The maximum atomic E-state index is 11.8. The van der Waals surface area contributed by atoms with E-state index in [4.69, 9.17) is 14.8 Å². The number of hydrogen-bond donors (Lipinski definition) is 0. The van der Waals surface area contributed by atoms with Gasteiger partial charge in [0.2, 0.25) is 0 Å². The smallest absolute Gasteiger partial charge is 0.269 e. The summed E-state index contributed by atoms with van der Waals surface area (Å²) in [6, 6.07) is 0. The van der Waals surface area contributed by atoms with Gasteiger partial charge in [-0.1, -0.05) is 52.9 Å². The molecule has 0 heterocycles. The van der Waals surface area contributed by atoms with Crippen molar-refractivity contribution in [2.75, 3.05) is 0 Å². The van der Waals surface area contributed by atoms with Crippen molar-refractivity contribution >= 4 is 5.97 Å². The lowest BCUT2D eigenvalue weighted by molar-refractivity contribution is -0.518. The Morgan fingerprint density at radius 2 is 1.70 bits per heavy atom. The SMILES string of the molecule is CCCCCC(C)(C)OOOC(=O)C(CC)CCCC. The van der Waals surface area contributed by atoms with Gasteiger partial charge in [-0.15, -0.1) is 0 Å². The molecule has 0 bridgehead atoms. The Labute approximate surface area is 124 Å². The van der Waals surface area contributed by atoms with Crippen molar-refractivity contribution in [3.8, 4) is 0 Å². The van der Waals surface area contributed by atoms with E-state index in [1.165, 1.54) is 12.8 Å². The van der Waals surface area contributed by atoms with Gasteiger partial charge in [0.15, 0.2) is 0 Å². The monoisotopic (exact) mass is 288 g/mol. The first kappa shape index (κ1) is 19.4. The third kappa shape index (κ3) is 9.32. The molecule has 0 aliphatic rings. The summed E-state index contributed by atoms with van der Waals surface area (Å²) in [4.78, 5) is 21.8. The van der Waals surface area contributed by atoms with Gasteiger partial charge in [0.25, 0.3) is 0 Å². The molecule has 0 spiro atoms. The average molecular weight is 288 g/mol. The van der Waals surface area contributed by atoms with Crippen molar-refractivity contribution in [2.45, 2.75) is 91.6 Å². The van der Waals surface area contributed by atoms with Crippen LogP contribution in [0.1, 0.15) is 86.0 Å². The van der Waals surface area contributed by atoms with E-state index in [2.05, 4.69) is 13.8 Å². The van der Waals surface area contributed by atoms with E-state index in [1.54, 1.807) is 0 Å². The predicted molar refractivity (Wildman–Crippen MR) is 79.8 cm³/mol. The number of rotatable bonds is 12. The lowest BCUT2D eigenvalue weighted by atomic mass is 10.00. The third-order valence-corrected chi connectivity index (χ3v) is 3.49. The molecule has 20 heavy (non-hydrogen) atoms. The lowest BCUT2D eigenvalue weighted by Crippen LogP contribution is -2.26. The molecule has 0 aromatic heterocycles. The highest BCUT2D eigenvalue weighted by Crippen LogP contribution is 2.20. The van der Waals surface area contributed by atoms with Crippen molar-refractivity contribution in [3.63, 3.8) is 0 Å². The highest BCUT2D eigenvalue weighted by molar-refractivity contribution is 5.71. The van der Waals surface area contributed by atoms with Crippen LogP contribution in [0.3, 0.4) is 0 Å². The predicted octanol–water partition coefficient (Wildman–Crippen LogP) is 4.97. The number of carbonyl (C=O) groups excluding carboxylic acids is 1. The molecule has 0 saturated carbocycles. The largest absolute Gasteiger partial charge is 0.348 e. The van der Waals surface area contributed by atoms with Gasteiger partial charge < -0.3 is 0 Å². The fourth-order valence-corrected chi connectivity index (χ4v) is 1.99. The van der Waals surface area contributed by atoms with Crippen LogP contribution in [0.4, 0.5) is 0 Å². The number of hydrogen-bond acceptors (Lipinski definition) is 4. The molecular formula is C16H32O4. The van der Waals surface area contributed by atoms with Crippen molar-refractivity contribution < 1.29 is 19.6 Å². The molecule has 120 valence electrons. The molecule has 0 aromatic rings. The summed E-state index contributed by atoms with van der Waals surface area (Å²) in [6.07, 6.45) is 8.00. The second kappa shape index (κ2) is 11.1. The van der Waals surface area contributed by atoms with Gasteiger partial charge >= 0.3 is 5.97 Å². The molecule has 0 aromatic carbocycles. The number of unbranched alkanes of at least 4 members (excludes halogenated alkanes) is 3. The van der Waals surface area contributed by atoms with E-state index >= 15 is 0 Å². The standard InChI is InChI=1S/C16H32O4/c1-6-9-11-13-16(4,5)19-20-18-15(17)14(8-3)12-10-7-2/h14H,6-13H2,1-5H3. The molecule has 0 rings (SSSR count). The van der Waals surface area contributed by atoms with Crippen molar-refractivity contribution in [3.05, 3.63) is 0 Å². The summed E-state index contributed by atoms with van der Waals surface area (Å²) in [7, 11) is 0. The molecule has 4 nitrogen and oxygen atoms in total. The average Bonchev–Trinajstić information content (AvgIpc) is 2.39. The first-order valence-electron chi connectivity index (χ1n) is 8.03. The summed E-state index contributed by atoms with van der Waals surface area (Å²) in [6.45, 7) is 10.1. The maximum absolute atomic E-state index is 11.8. The second-order valence-corrected chi connectivity index (χ2v) is 6.02.